The van der Waals surface area contributed by atoms with Crippen molar-refractivity contribution < 1.29 is 9.18 Å². The first-order valence-electron chi connectivity index (χ1n) is 8.02. The van der Waals surface area contributed by atoms with Crippen LogP contribution in [0.1, 0.15) is 18.1 Å². The second-order valence-corrected chi connectivity index (χ2v) is 7.16. The van der Waals surface area contributed by atoms with Crippen LogP contribution in [0.4, 0.5) is 14.5 Å². The first-order valence-corrected chi connectivity index (χ1v) is 9.22. The molecule has 0 saturated heterocycles. The van der Waals surface area contributed by atoms with Gasteiger partial charge in [-0.2, -0.15) is 5.10 Å². The van der Waals surface area contributed by atoms with Crippen LogP contribution in [0.15, 0.2) is 47.6 Å². The fourth-order valence-corrected chi connectivity index (χ4v) is 3.40. The Hall–Kier alpha value is -2.77. The van der Waals surface area contributed by atoms with E-state index in [0.717, 1.165) is 11.1 Å². The quantitative estimate of drug-likeness (QED) is 0.448. The van der Waals surface area contributed by atoms with Gasteiger partial charge in [0.25, 0.3) is 0 Å². The summed E-state index contributed by atoms with van der Waals surface area (Å²) >= 11 is 7.21. The molecule has 2 N–H and O–H groups in total. The minimum Gasteiger partial charge on any atom is -0.316 e. The van der Waals surface area contributed by atoms with Crippen LogP contribution in [-0.2, 0) is 4.79 Å². The molecule has 0 aliphatic carbocycles. The highest BCUT2D eigenvalue weighted by Crippen LogP contribution is 2.36. The summed E-state index contributed by atoms with van der Waals surface area (Å²) in [5, 5.41) is 8.11. The number of amides is 1. The van der Waals surface area contributed by atoms with Gasteiger partial charge < -0.3 is 5.32 Å². The maximum atomic E-state index is 13.8. The SMILES string of the molecule is CC(=O)Nc1sc(N/N=C\c2c(F)cccc2Cl)nc1-c1ccc(C)cc1. The van der Waals surface area contributed by atoms with Crippen LogP contribution in [0.25, 0.3) is 11.3 Å². The number of benzene rings is 2. The molecular formula is C19H16ClFN4OS. The van der Waals surface area contributed by atoms with Gasteiger partial charge in [-0.3, -0.25) is 10.2 Å². The van der Waals surface area contributed by atoms with Gasteiger partial charge in [-0.15, -0.1) is 0 Å². The van der Waals surface area contributed by atoms with Gasteiger partial charge >= 0.3 is 0 Å². The molecule has 0 unspecified atom stereocenters. The highest BCUT2D eigenvalue weighted by molar-refractivity contribution is 7.20. The molecule has 3 aromatic rings. The lowest BCUT2D eigenvalue weighted by Gasteiger charge is -2.02. The number of anilines is 2. The lowest BCUT2D eigenvalue weighted by Crippen LogP contribution is -2.05. The number of hydrogen-bond donors (Lipinski definition) is 2. The van der Waals surface area contributed by atoms with E-state index in [1.54, 1.807) is 6.07 Å². The molecule has 27 heavy (non-hydrogen) atoms. The van der Waals surface area contributed by atoms with E-state index in [1.807, 2.05) is 31.2 Å². The molecule has 0 saturated carbocycles. The van der Waals surface area contributed by atoms with Crippen LogP contribution in [0.3, 0.4) is 0 Å². The van der Waals surface area contributed by atoms with E-state index >= 15 is 0 Å². The minimum absolute atomic E-state index is 0.184. The van der Waals surface area contributed by atoms with Crippen LogP contribution in [0, 0.1) is 12.7 Å². The average molecular weight is 403 g/mol. The summed E-state index contributed by atoms with van der Waals surface area (Å²) in [6.07, 6.45) is 1.29. The van der Waals surface area contributed by atoms with Gasteiger partial charge in [-0.25, -0.2) is 9.37 Å². The van der Waals surface area contributed by atoms with Crippen molar-refractivity contribution in [3.8, 4) is 11.3 Å². The van der Waals surface area contributed by atoms with E-state index in [1.165, 1.54) is 36.6 Å². The lowest BCUT2D eigenvalue weighted by molar-refractivity contribution is -0.114. The van der Waals surface area contributed by atoms with Crippen LogP contribution >= 0.6 is 22.9 Å². The Morgan fingerprint density at radius 1 is 1.26 bits per heavy atom. The molecule has 1 heterocycles. The Balaban J connectivity index is 1.87. The maximum absolute atomic E-state index is 13.8. The van der Waals surface area contributed by atoms with Gasteiger partial charge in [-0.1, -0.05) is 58.8 Å². The van der Waals surface area contributed by atoms with Crippen LogP contribution in [-0.4, -0.2) is 17.1 Å². The topological polar surface area (TPSA) is 66.4 Å². The Labute approximate surface area is 164 Å². The lowest BCUT2D eigenvalue weighted by atomic mass is 10.1. The highest BCUT2D eigenvalue weighted by Gasteiger charge is 2.14. The van der Waals surface area contributed by atoms with Crippen molar-refractivity contribution in [2.24, 2.45) is 5.10 Å². The molecule has 2 aromatic carbocycles. The van der Waals surface area contributed by atoms with Crippen LogP contribution in [0.5, 0.6) is 0 Å². The standard InChI is InChI=1S/C19H16ClFN4OS/c1-11-6-8-13(9-7-11)17-18(23-12(2)26)27-19(24-17)25-22-10-14-15(20)4-3-5-16(14)21/h3-10H,1-2H3,(H,23,26)(H,24,25)/b22-10-. The number of nitrogens with zero attached hydrogens (tertiary/aromatic N) is 2. The van der Waals surface area contributed by atoms with Crippen molar-refractivity contribution >= 4 is 45.2 Å². The number of thiazole rings is 1. The Bertz CT molecular complexity index is 981. The van der Waals surface area contributed by atoms with Gasteiger partial charge in [0.2, 0.25) is 11.0 Å². The molecule has 0 spiro atoms. The summed E-state index contributed by atoms with van der Waals surface area (Å²) in [4.78, 5) is 16.0. The smallest absolute Gasteiger partial charge is 0.221 e. The molecule has 138 valence electrons. The molecule has 1 aromatic heterocycles. The second kappa shape index (κ2) is 8.28. The summed E-state index contributed by atoms with van der Waals surface area (Å²) in [6, 6.07) is 12.2. The van der Waals surface area contributed by atoms with Crippen molar-refractivity contribution in [1.82, 2.24) is 4.98 Å². The van der Waals surface area contributed by atoms with E-state index in [2.05, 4.69) is 20.8 Å². The van der Waals surface area contributed by atoms with E-state index < -0.39 is 5.82 Å². The second-order valence-electron chi connectivity index (χ2n) is 5.75. The van der Waals surface area contributed by atoms with Crippen LogP contribution < -0.4 is 10.7 Å². The molecule has 0 aliphatic heterocycles. The molecular weight excluding hydrogens is 387 g/mol. The first-order chi connectivity index (χ1) is 12.9. The van der Waals surface area contributed by atoms with E-state index in [4.69, 9.17) is 11.6 Å². The summed E-state index contributed by atoms with van der Waals surface area (Å²) < 4.78 is 13.8. The van der Waals surface area contributed by atoms with E-state index in [0.29, 0.717) is 15.8 Å². The molecule has 3 rings (SSSR count). The number of aryl methyl sites for hydroxylation is 1. The minimum atomic E-state index is -0.466. The third-order valence-electron chi connectivity index (χ3n) is 3.60. The summed E-state index contributed by atoms with van der Waals surface area (Å²) in [6.45, 7) is 3.43. The third-order valence-corrected chi connectivity index (χ3v) is 4.80. The Morgan fingerprint density at radius 3 is 2.67 bits per heavy atom. The number of halogens is 2. The van der Waals surface area contributed by atoms with Gasteiger partial charge in [0, 0.05) is 18.1 Å². The van der Waals surface area contributed by atoms with E-state index in [-0.39, 0.29) is 16.5 Å². The fraction of sp³-hybridized carbons (Fsp3) is 0.105. The molecule has 0 fully saturated rings. The number of hydrogen-bond acceptors (Lipinski definition) is 5. The molecule has 0 bridgehead atoms. The van der Waals surface area contributed by atoms with Crippen molar-refractivity contribution in [3.63, 3.8) is 0 Å². The van der Waals surface area contributed by atoms with Gasteiger partial charge in [0.05, 0.1) is 11.2 Å². The molecule has 8 heteroatoms. The zero-order chi connectivity index (χ0) is 19.4. The van der Waals surface area contributed by atoms with Crippen molar-refractivity contribution in [2.45, 2.75) is 13.8 Å². The van der Waals surface area contributed by atoms with E-state index in [9.17, 15) is 9.18 Å². The number of carbonyl (C=O) groups excluding carboxylic acids is 1. The zero-order valence-corrected chi connectivity index (χ0v) is 16.2. The third kappa shape index (κ3) is 4.69. The van der Waals surface area contributed by atoms with Gasteiger partial charge in [0.15, 0.2) is 0 Å². The van der Waals surface area contributed by atoms with Crippen LogP contribution in [0.2, 0.25) is 5.02 Å². The Kier molecular flexibility index (Phi) is 5.83. The zero-order valence-electron chi connectivity index (χ0n) is 14.6. The molecule has 0 aliphatic rings. The van der Waals surface area contributed by atoms with Crippen molar-refractivity contribution in [2.75, 3.05) is 10.7 Å². The molecule has 1 amide bonds. The number of aromatic nitrogens is 1. The summed E-state index contributed by atoms with van der Waals surface area (Å²) in [5.74, 6) is -0.660. The summed E-state index contributed by atoms with van der Waals surface area (Å²) in [5.41, 5.74) is 5.58. The molecule has 0 atom stereocenters. The molecule has 5 nitrogen and oxygen atoms in total. The van der Waals surface area contributed by atoms with Gasteiger partial charge in [-0.05, 0) is 19.1 Å². The predicted molar refractivity (Wildman–Crippen MR) is 109 cm³/mol. The normalized spacial score (nSPS) is 11.0. The largest absolute Gasteiger partial charge is 0.316 e. The number of rotatable bonds is 5. The number of nitrogens with one attached hydrogen (secondary N) is 2. The highest BCUT2D eigenvalue weighted by atomic mass is 35.5. The van der Waals surface area contributed by atoms with Gasteiger partial charge in [0.1, 0.15) is 16.5 Å². The average Bonchev–Trinajstić information content (AvgIpc) is 3.00. The summed E-state index contributed by atoms with van der Waals surface area (Å²) in [7, 11) is 0. The van der Waals surface area contributed by atoms with Crippen molar-refractivity contribution in [1.29, 1.82) is 0 Å². The monoisotopic (exact) mass is 402 g/mol. The number of hydrazone groups is 1. The van der Waals surface area contributed by atoms with Crippen molar-refractivity contribution in [3.05, 3.63) is 64.4 Å². The fourth-order valence-electron chi connectivity index (χ4n) is 2.31. The number of carbonyl (C=O) groups is 1. The first kappa shape index (κ1) is 19.0. The maximum Gasteiger partial charge on any atom is 0.221 e. The molecule has 0 radical (unpaired) electrons. The Morgan fingerprint density at radius 2 is 2.00 bits per heavy atom. The predicted octanol–water partition coefficient (Wildman–Crippen LogP) is 5.32.